The zero-order valence-corrected chi connectivity index (χ0v) is 12.7. The maximum Gasteiger partial charge on any atom is 0.220 e. The Hall–Kier alpha value is -2.14. The van der Waals surface area contributed by atoms with Gasteiger partial charge in [-0.05, 0) is 26.0 Å². The van der Waals surface area contributed by atoms with E-state index in [2.05, 4.69) is 24.9 Å². The number of aromatic nitrogens is 1. The molecule has 0 atom stereocenters. The molecule has 21 heavy (non-hydrogen) atoms. The monoisotopic (exact) mass is 300 g/mol. The van der Waals surface area contributed by atoms with Crippen molar-refractivity contribution in [2.75, 3.05) is 0 Å². The van der Waals surface area contributed by atoms with Crippen LogP contribution < -0.4 is 15.2 Å². The molecule has 2 aromatic rings. The fourth-order valence-electron chi connectivity index (χ4n) is 2.39. The summed E-state index contributed by atoms with van der Waals surface area (Å²) in [5, 5.41) is 0. The van der Waals surface area contributed by atoms with E-state index >= 15 is 0 Å². The predicted octanol–water partition coefficient (Wildman–Crippen LogP) is 3.22. The van der Waals surface area contributed by atoms with Gasteiger partial charge in [0.1, 0.15) is 16.3 Å². The molecule has 0 aliphatic carbocycles. The summed E-state index contributed by atoms with van der Waals surface area (Å²) < 4.78 is 11.8. The van der Waals surface area contributed by atoms with Gasteiger partial charge >= 0.3 is 0 Å². The molecule has 3 rings (SSSR count). The number of ether oxygens (including phenoxy) is 2. The van der Waals surface area contributed by atoms with Crippen molar-refractivity contribution in [3.63, 3.8) is 0 Å². The molecule has 0 amide bonds. The normalized spacial score (nSPS) is 15.1. The lowest BCUT2D eigenvalue weighted by Crippen LogP contribution is -2.24. The SMILES string of the molecule is CC1(C)Cc2cccc(Oc3cccc(C(N)=S)n3)c2O1. The first-order valence-electron chi connectivity index (χ1n) is 6.70. The highest BCUT2D eigenvalue weighted by atomic mass is 32.1. The maximum atomic E-state index is 5.97. The molecule has 1 aliphatic rings. The molecule has 0 bridgehead atoms. The number of pyridine rings is 1. The average Bonchev–Trinajstić information content (AvgIpc) is 2.74. The van der Waals surface area contributed by atoms with Crippen LogP contribution in [-0.2, 0) is 6.42 Å². The minimum absolute atomic E-state index is 0.212. The van der Waals surface area contributed by atoms with Gasteiger partial charge in [-0.25, -0.2) is 4.98 Å². The summed E-state index contributed by atoms with van der Waals surface area (Å²) in [5.41, 5.74) is 7.06. The average molecular weight is 300 g/mol. The maximum absolute atomic E-state index is 5.97. The van der Waals surface area contributed by atoms with Crippen LogP contribution in [0.15, 0.2) is 36.4 Å². The topological polar surface area (TPSA) is 57.4 Å². The molecular formula is C16H16N2O2S. The van der Waals surface area contributed by atoms with Crippen molar-refractivity contribution in [3.05, 3.63) is 47.7 Å². The van der Waals surface area contributed by atoms with Crippen molar-refractivity contribution < 1.29 is 9.47 Å². The molecule has 0 spiro atoms. The number of nitrogens with two attached hydrogens (primary N) is 1. The molecule has 108 valence electrons. The Morgan fingerprint density at radius 1 is 1.29 bits per heavy atom. The van der Waals surface area contributed by atoms with E-state index in [1.54, 1.807) is 12.1 Å². The number of fused-ring (bicyclic) bond motifs is 1. The van der Waals surface area contributed by atoms with Gasteiger partial charge in [0.25, 0.3) is 0 Å². The molecule has 1 aliphatic heterocycles. The molecule has 2 heterocycles. The van der Waals surface area contributed by atoms with Crippen molar-refractivity contribution in [2.24, 2.45) is 5.73 Å². The van der Waals surface area contributed by atoms with Crippen molar-refractivity contribution in [1.29, 1.82) is 0 Å². The highest BCUT2D eigenvalue weighted by Gasteiger charge is 2.32. The summed E-state index contributed by atoms with van der Waals surface area (Å²) in [6, 6.07) is 11.2. The lowest BCUT2D eigenvalue weighted by molar-refractivity contribution is 0.135. The van der Waals surface area contributed by atoms with Crippen LogP contribution in [0.3, 0.4) is 0 Å². The first-order valence-corrected chi connectivity index (χ1v) is 7.11. The Bertz CT molecular complexity index is 713. The second-order valence-corrected chi connectivity index (χ2v) is 6.05. The van der Waals surface area contributed by atoms with Gasteiger partial charge in [-0.1, -0.05) is 30.4 Å². The van der Waals surface area contributed by atoms with Crippen LogP contribution in [0.1, 0.15) is 25.1 Å². The van der Waals surface area contributed by atoms with E-state index < -0.39 is 0 Å². The zero-order chi connectivity index (χ0) is 15.0. The smallest absolute Gasteiger partial charge is 0.220 e. The molecule has 2 N–H and O–H groups in total. The Morgan fingerprint density at radius 2 is 2.05 bits per heavy atom. The summed E-state index contributed by atoms with van der Waals surface area (Å²) in [6.07, 6.45) is 0.861. The molecule has 0 fully saturated rings. The van der Waals surface area contributed by atoms with Crippen LogP contribution in [0, 0.1) is 0 Å². The van der Waals surface area contributed by atoms with Crippen molar-refractivity contribution in [1.82, 2.24) is 4.98 Å². The van der Waals surface area contributed by atoms with Crippen LogP contribution in [0.2, 0.25) is 0 Å². The Kier molecular flexibility index (Phi) is 3.29. The predicted molar refractivity (Wildman–Crippen MR) is 85.1 cm³/mol. The van der Waals surface area contributed by atoms with Gasteiger partial charge < -0.3 is 15.2 Å². The van der Waals surface area contributed by atoms with E-state index in [-0.39, 0.29) is 10.6 Å². The largest absolute Gasteiger partial charge is 0.483 e. The highest BCUT2D eigenvalue weighted by molar-refractivity contribution is 7.80. The van der Waals surface area contributed by atoms with Crippen LogP contribution in [0.5, 0.6) is 17.4 Å². The first-order chi connectivity index (χ1) is 9.94. The van der Waals surface area contributed by atoms with Crippen LogP contribution in [0.25, 0.3) is 0 Å². The van der Waals surface area contributed by atoms with Gasteiger partial charge in [-0.15, -0.1) is 0 Å². The molecule has 1 aromatic carbocycles. The third kappa shape index (κ3) is 2.83. The number of hydrogen-bond acceptors (Lipinski definition) is 4. The van der Waals surface area contributed by atoms with Crippen LogP contribution >= 0.6 is 12.2 Å². The van der Waals surface area contributed by atoms with Gasteiger partial charge in [0.05, 0.1) is 0 Å². The molecule has 0 saturated heterocycles. The lowest BCUT2D eigenvalue weighted by Gasteiger charge is -2.18. The van der Waals surface area contributed by atoms with E-state index in [9.17, 15) is 0 Å². The second kappa shape index (κ2) is 5.00. The highest BCUT2D eigenvalue weighted by Crippen LogP contribution is 2.42. The quantitative estimate of drug-likeness (QED) is 0.882. The summed E-state index contributed by atoms with van der Waals surface area (Å²) in [5.74, 6) is 1.89. The van der Waals surface area contributed by atoms with Crippen molar-refractivity contribution in [2.45, 2.75) is 25.9 Å². The second-order valence-electron chi connectivity index (χ2n) is 5.61. The van der Waals surface area contributed by atoms with Gasteiger partial charge in [0.15, 0.2) is 11.5 Å². The van der Waals surface area contributed by atoms with E-state index in [0.29, 0.717) is 17.3 Å². The number of rotatable bonds is 3. The Labute approximate surface area is 128 Å². The van der Waals surface area contributed by atoms with Gasteiger partial charge in [0, 0.05) is 18.1 Å². The first kappa shape index (κ1) is 13.8. The number of thiocarbonyl (C=S) groups is 1. The molecule has 0 radical (unpaired) electrons. The van der Waals surface area contributed by atoms with Gasteiger partial charge in [-0.2, -0.15) is 0 Å². The fourth-order valence-corrected chi connectivity index (χ4v) is 2.50. The molecule has 0 unspecified atom stereocenters. The van der Waals surface area contributed by atoms with E-state index in [4.69, 9.17) is 27.4 Å². The molecule has 4 nitrogen and oxygen atoms in total. The third-order valence-electron chi connectivity index (χ3n) is 3.25. The Balaban J connectivity index is 1.92. The zero-order valence-electron chi connectivity index (χ0n) is 11.9. The van der Waals surface area contributed by atoms with Crippen molar-refractivity contribution >= 4 is 17.2 Å². The summed E-state index contributed by atoms with van der Waals surface area (Å²) in [4.78, 5) is 4.53. The Morgan fingerprint density at radius 3 is 2.81 bits per heavy atom. The molecular weight excluding hydrogens is 284 g/mol. The number of benzene rings is 1. The van der Waals surface area contributed by atoms with Crippen LogP contribution in [0.4, 0.5) is 0 Å². The minimum Gasteiger partial charge on any atom is -0.483 e. The summed E-state index contributed by atoms with van der Waals surface area (Å²) in [6.45, 7) is 4.12. The van der Waals surface area contributed by atoms with E-state index in [0.717, 1.165) is 17.7 Å². The fraction of sp³-hybridized carbons (Fsp3) is 0.250. The van der Waals surface area contributed by atoms with Crippen LogP contribution in [-0.4, -0.2) is 15.6 Å². The standard InChI is InChI=1S/C16H16N2O2S/c1-16(2)9-10-5-3-7-12(14(10)20-16)19-13-8-4-6-11(18-13)15(17)21/h3-8H,9H2,1-2H3,(H2,17,21). The molecule has 5 heteroatoms. The van der Waals surface area contributed by atoms with E-state index in [1.165, 1.54) is 0 Å². The summed E-state index contributed by atoms with van der Waals surface area (Å²) >= 11 is 4.93. The minimum atomic E-state index is -0.212. The summed E-state index contributed by atoms with van der Waals surface area (Å²) in [7, 11) is 0. The molecule has 0 saturated carbocycles. The van der Waals surface area contributed by atoms with Crippen molar-refractivity contribution in [3.8, 4) is 17.4 Å². The number of nitrogens with zero attached hydrogens (tertiary/aromatic N) is 1. The van der Waals surface area contributed by atoms with Gasteiger partial charge in [-0.3, -0.25) is 0 Å². The number of para-hydroxylation sites is 1. The van der Waals surface area contributed by atoms with E-state index in [1.807, 2.05) is 18.2 Å². The third-order valence-corrected chi connectivity index (χ3v) is 3.45. The molecule has 1 aromatic heterocycles. The number of hydrogen-bond donors (Lipinski definition) is 1. The van der Waals surface area contributed by atoms with Gasteiger partial charge in [0.2, 0.25) is 5.88 Å². The lowest BCUT2D eigenvalue weighted by atomic mass is 10.0.